The van der Waals surface area contributed by atoms with Crippen LogP contribution in [0.25, 0.3) is 0 Å². The van der Waals surface area contributed by atoms with Gasteiger partial charge in [-0.3, -0.25) is 5.10 Å². The number of benzene rings is 1. The molecule has 158 valence electrons. The van der Waals surface area contributed by atoms with Crippen LogP contribution in [0, 0.1) is 20.8 Å². The fourth-order valence-electron chi connectivity index (χ4n) is 3.39. The van der Waals surface area contributed by atoms with E-state index >= 15 is 0 Å². The number of aromatic nitrogens is 4. The van der Waals surface area contributed by atoms with E-state index in [-0.39, 0.29) is 0 Å². The maximum Gasteiger partial charge on any atom is 0.191 e. The van der Waals surface area contributed by atoms with Crippen LogP contribution in [0.15, 0.2) is 35.5 Å². The quantitative estimate of drug-likeness (QED) is 0.460. The summed E-state index contributed by atoms with van der Waals surface area (Å²) in [7, 11) is 2.16. The van der Waals surface area contributed by atoms with Crippen molar-refractivity contribution in [2.24, 2.45) is 0 Å². The first-order chi connectivity index (χ1) is 14.5. The van der Waals surface area contributed by atoms with Crippen LogP contribution in [0.5, 0.6) is 0 Å². The van der Waals surface area contributed by atoms with Crippen molar-refractivity contribution < 1.29 is 0 Å². The van der Waals surface area contributed by atoms with Gasteiger partial charge < -0.3 is 15.1 Å². The van der Waals surface area contributed by atoms with E-state index in [2.05, 4.69) is 64.4 Å². The number of nitrogens with zero attached hydrogens (tertiary/aromatic N) is 5. The summed E-state index contributed by atoms with van der Waals surface area (Å²) < 4.78 is 0. The SMILES string of the molecule is Cc1cc(Nc2cc(N3CCN(C)CC3)nc(SCc3ccc(C)c(C)c3)n2)n[nH]1. The normalized spacial score (nSPS) is 14.9. The second-order valence-electron chi connectivity index (χ2n) is 7.95. The number of hydrogen-bond donors (Lipinski definition) is 2. The number of piperazine rings is 1. The Morgan fingerprint density at radius 1 is 0.967 bits per heavy atom. The molecule has 3 heterocycles. The minimum absolute atomic E-state index is 0.764. The van der Waals surface area contributed by atoms with Gasteiger partial charge in [0.1, 0.15) is 11.6 Å². The van der Waals surface area contributed by atoms with Crippen LogP contribution in [0.1, 0.15) is 22.4 Å². The van der Waals surface area contributed by atoms with E-state index in [0.29, 0.717) is 0 Å². The average molecular weight is 424 g/mol. The van der Waals surface area contributed by atoms with Gasteiger partial charge in [-0.2, -0.15) is 5.10 Å². The average Bonchev–Trinajstić information content (AvgIpc) is 3.14. The van der Waals surface area contributed by atoms with E-state index in [1.165, 1.54) is 16.7 Å². The molecule has 0 spiro atoms. The molecule has 1 fully saturated rings. The Bertz CT molecular complexity index is 1010. The molecule has 2 aromatic heterocycles. The largest absolute Gasteiger partial charge is 0.354 e. The van der Waals surface area contributed by atoms with Gasteiger partial charge >= 0.3 is 0 Å². The molecule has 0 amide bonds. The van der Waals surface area contributed by atoms with Crippen molar-refractivity contribution in [2.75, 3.05) is 43.4 Å². The predicted octanol–water partition coefficient (Wildman–Crippen LogP) is 3.91. The summed E-state index contributed by atoms with van der Waals surface area (Å²) in [5.74, 6) is 3.35. The monoisotopic (exact) mass is 423 g/mol. The lowest BCUT2D eigenvalue weighted by atomic mass is 10.1. The molecule has 3 aromatic rings. The molecule has 4 rings (SSSR count). The molecule has 0 radical (unpaired) electrons. The van der Waals surface area contributed by atoms with Crippen LogP contribution in [-0.2, 0) is 5.75 Å². The second kappa shape index (κ2) is 9.06. The van der Waals surface area contributed by atoms with Crippen molar-refractivity contribution >= 4 is 29.2 Å². The highest BCUT2D eigenvalue weighted by atomic mass is 32.2. The van der Waals surface area contributed by atoms with Gasteiger partial charge in [0.05, 0.1) is 0 Å². The van der Waals surface area contributed by atoms with Crippen molar-refractivity contribution in [3.63, 3.8) is 0 Å². The van der Waals surface area contributed by atoms with Gasteiger partial charge in [-0.05, 0) is 44.5 Å². The molecule has 0 aliphatic carbocycles. The van der Waals surface area contributed by atoms with E-state index in [9.17, 15) is 0 Å². The van der Waals surface area contributed by atoms with Crippen LogP contribution < -0.4 is 10.2 Å². The zero-order valence-corrected chi connectivity index (χ0v) is 18.9. The Labute approximate surface area is 182 Å². The second-order valence-corrected chi connectivity index (χ2v) is 8.90. The fraction of sp³-hybridized carbons (Fsp3) is 0.409. The maximum atomic E-state index is 4.88. The van der Waals surface area contributed by atoms with Crippen LogP contribution >= 0.6 is 11.8 Å². The molecule has 30 heavy (non-hydrogen) atoms. The Kier molecular flexibility index (Phi) is 6.24. The number of anilines is 3. The number of H-pyrrole nitrogens is 1. The van der Waals surface area contributed by atoms with Gasteiger partial charge in [-0.25, -0.2) is 9.97 Å². The van der Waals surface area contributed by atoms with Crippen LogP contribution in [0.4, 0.5) is 17.5 Å². The summed E-state index contributed by atoms with van der Waals surface area (Å²) >= 11 is 1.67. The molecule has 1 aliphatic heterocycles. The molecule has 2 N–H and O–H groups in total. The molecule has 8 heteroatoms. The molecule has 1 aliphatic rings. The summed E-state index contributed by atoms with van der Waals surface area (Å²) in [4.78, 5) is 14.3. The third kappa shape index (κ3) is 5.12. The third-order valence-corrected chi connectivity index (χ3v) is 6.34. The van der Waals surface area contributed by atoms with E-state index in [4.69, 9.17) is 9.97 Å². The van der Waals surface area contributed by atoms with Crippen molar-refractivity contribution in [3.05, 3.63) is 52.7 Å². The van der Waals surface area contributed by atoms with Gasteiger partial charge in [0, 0.05) is 49.8 Å². The van der Waals surface area contributed by atoms with Crippen LogP contribution in [0.3, 0.4) is 0 Å². The minimum atomic E-state index is 0.764. The molecule has 1 saturated heterocycles. The lowest BCUT2D eigenvalue weighted by molar-refractivity contribution is 0.312. The number of likely N-dealkylation sites (N-methyl/N-ethyl adjacent to an activating group) is 1. The summed E-state index contributed by atoms with van der Waals surface area (Å²) in [5, 5.41) is 11.3. The van der Waals surface area contributed by atoms with Gasteiger partial charge in [0.2, 0.25) is 0 Å². The number of thioether (sulfide) groups is 1. The van der Waals surface area contributed by atoms with Crippen molar-refractivity contribution in [1.29, 1.82) is 0 Å². The molecule has 0 unspecified atom stereocenters. The van der Waals surface area contributed by atoms with E-state index in [1.54, 1.807) is 11.8 Å². The van der Waals surface area contributed by atoms with Crippen molar-refractivity contribution in [2.45, 2.75) is 31.7 Å². The summed E-state index contributed by atoms with van der Waals surface area (Å²) in [6.45, 7) is 10.3. The zero-order chi connectivity index (χ0) is 21.1. The Morgan fingerprint density at radius 2 is 1.77 bits per heavy atom. The number of nitrogens with one attached hydrogen (secondary N) is 2. The molecule has 1 aromatic carbocycles. The maximum absolute atomic E-state index is 4.88. The topological polar surface area (TPSA) is 73.0 Å². The molecule has 0 saturated carbocycles. The van der Waals surface area contributed by atoms with Gasteiger partial charge in [0.15, 0.2) is 11.0 Å². The van der Waals surface area contributed by atoms with Gasteiger partial charge in [0.25, 0.3) is 0 Å². The molecule has 0 bridgehead atoms. The van der Waals surface area contributed by atoms with Crippen LogP contribution in [0.2, 0.25) is 0 Å². The highest BCUT2D eigenvalue weighted by molar-refractivity contribution is 7.98. The number of aromatic amines is 1. The van der Waals surface area contributed by atoms with Crippen molar-refractivity contribution in [1.82, 2.24) is 25.1 Å². The lowest BCUT2D eigenvalue weighted by Gasteiger charge is -2.33. The van der Waals surface area contributed by atoms with Gasteiger partial charge in [-0.15, -0.1) is 0 Å². The Balaban J connectivity index is 1.56. The van der Waals surface area contributed by atoms with E-state index in [1.807, 2.05) is 19.1 Å². The zero-order valence-electron chi connectivity index (χ0n) is 18.1. The number of aryl methyl sites for hydroxylation is 3. The van der Waals surface area contributed by atoms with E-state index < -0.39 is 0 Å². The van der Waals surface area contributed by atoms with Crippen molar-refractivity contribution in [3.8, 4) is 0 Å². The summed E-state index contributed by atoms with van der Waals surface area (Å²) in [5.41, 5.74) is 4.93. The number of hydrogen-bond acceptors (Lipinski definition) is 7. The highest BCUT2D eigenvalue weighted by Gasteiger charge is 2.18. The standard InChI is InChI=1S/C22H29N7S/c1-15-5-6-18(11-16(15)2)14-30-22-24-19(23-20-12-17(3)26-27-20)13-21(25-22)29-9-7-28(4)8-10-29/h5-6,11-13H,7-10,14H2,1-4H3,(H2,23,24,25,26,27). The van der Waals surface area contributed by atoms with Crippen LogP contribution in [-0.4, -0.2) is 58.3 Å². The first-order valence-electron chi connectivity index (χ1n) is 10.3. The highest BCUT2D eigenvalue weighted by Crippen LogP contribution is 2.27. The first-order valence-corrected chi connectivity index (χ1v) is 11.3. The van der Waals surface area contributed by atoms with E-state index in [0.717, 1.165) is 60.2 Å². The molecular formula is C22H29N7S. The minimum Gasteiger partial charge on any atom is -0.354 e. The third-order valence-electron chi connectivity index (χ3n) is 5.42. The Hall–Kier alpha value is -2.58. The first kappa shape index (κ1) is 20.7. The molecule has 0 atom stereocenters. The lowest BCUT2D eigenvalue weighted by Crippen LogP contribution is -2.44. The summed E-state index contributed by atoms with van der Waals surface area (Å²) in [6, 6.07) is 10.6. The number of rotatable bonds is 6. The summed E-state index contributed by atoms with van der Waals surface area (Å²) in [6.07, 6.45) is 0. The molecular weight excluding hydrogens is 394 g/mol. The predicted molar refractivity (Wildman–Crippen MR) is 124 cm³/mol. The Morgan fingerprint density at radius 3 is 2.47 bits per heavy atom. The van der Waals surface area contributed by atoms with Gasteiger partial charge in [-0.1, -0.05) is 30.0 Å². The fourth-order valence-corrected chi connectivity index (χ4v) is 4.19. The molecule has 7 nitrogen and oxygen atoms in total. The smallest absolute Gasteiger partial charge is 0.191 e.